The van der Waals surface area contributed by atoms with Gasteiger partial charge in [0.25, 0.3) is 0 Å². The van der Waals surface area contributed by atoms with Crippen LogP contribution in [0.2, 0.25) is 0 Å². The number of aromatic nitrogens is 2. The zero-order valence-electron chi connectivity index (χ0n) is 9.20. The highest BCUT2D eigenvalue weighted by Gasteiger charge is 2.02. The van der Waals surface area contributed by atoms with Crippen molar-refractivity contribution in [1.82, 2.24) is 10.2 Å². The molecule has 0 bridgehead atoms. The van der Waals surface area contributed by atoms with Crippen molar-refractivity contribution in [2.75, 3.05) is 11.9 Å². The molecule has 0 spiro atoms. The summed E-state index contributed by atoms with van der Waals surface area (Å²) >= 11 is 4.70. The van der Waals surface area contributed by atoms with Crippen molar-refractivity contribution in [3.8, 4) is 0 Å². The standard InChI is InChI=1S/C11H11BrFN3S/c1-7-6-9(13)3-2-8(7)4-5-14-11-16-15-10(12)17-11/h2-3,6H,4-5H2,1H3,(H,14,16). The van der Waals surface area contributed by atoms with E-state index in [1.54, 1.807) is 6.07 Å². The zero-order valence-corrected chi connectivity index (χ0v) is 11.6. The first-order valence-electron chi connectivity index (χ1n) is 5.13. The normalized spacial score (nSPS) is 10.5. The maximum atomic E-state index is 12.9. The van der Waals surface area contributed by atoms with Crippen LogP contribution < -0.4 is 5.32 Å². The SMILES string of the molecule is Cc1cc(F)ccc1CCNc1nnc(Br)s1. The van der Waals surface area contributed by atoms with Gasteiger partial charge in [-0.1, -0.05) is 17.4 Å². The number of halogens is 2. The van der Waals surface area contributed by atoms with Gasteiger partial charge in [-0.2, -0.15) is 0 Å². The van der Waals surface area contributed by atoms with Gasteiger partial charge in [0.15, 0.2) is 3.92 Å². The number of nitrogens with zero attached hydrogens (tertiary/aromatic N) is 2. The highest BCUT2D eigenvalue weighted by atomic mass is 79.9. The molecule has 17 heavy (non-hydrogen) atoms. The second-order valence-corrected chi connectivity index (χ2v) is 5.86. The van der Waals surface area contributed by atoms with Crippen molar-refractivity contribution in [3.63, 3.8) is 0 Å². The predicted octanol–water partition coefficient (Wildman–Crippen LogP) is 3.40. The number of rotatable bonds is 4. The third-order valence-corrected chi connectivity index (χ3v) is 3.69. The Labute approximate surface area is 111 Å². The van der Waals surface area contributed by atoms with E-state index in [4.69, 9.17) is 0 Å². The second-order valence-electron chi connectivity index (χ2n) is 3.61. The minimum absolute atomic E-state index is 0.188. The molecule has 0 saturated carbocycles. The van der Waals surface area contributed by atoms with Crippen molar-refractivity contribution in [2.45, 2.75) is 13.3 Å². The van der Waals surface area contributed by atoms with Crippen LogP contribution in [-0.2, 0) is 6.42 Å². The number of nitrogens with one attached hydrogen (secondary N) is 1. The Kier molecular flexibility index (Phi) is 4.06. The van der Waals surface area contributed by atoms with Gasteiger partial charge in [-0.3, -0.25) is 0 Å². The Hall–Kier alpha value is -1.01. The van der Waals surface area contributed by atoms with E-state index < -0.39 is 0 Å². The summed E-state index contributed by atoms with van der Waals surface area (Å²) in [6, 6.07) is 4.86. The van der Waals surface area contributed by atoms with E-state index in [9.17, 15) is 4.39 Å². The van der Waals surface area contributed by atoms with E-state index in [-0.39, 0.29) is 5.82 Å². The molecule has 0 radical (unpaired) electrons. The number of benzene rings is 1. The van der Waals surface area contributed by atoms with Crippen LogP contribution in [0.25, 0.3) is 0 Å². The maximum absolute atomic E-state index is 12.9. The zero-order chi connectivity index (χ0) is 12.3. The number of anilines is 1. The second kappa shape index (κ2) is 5.55. The molecule has 0 aliphatic carbocycles. The highest BCUT2D eigenvalue weighted by Crippen LogP contribution is 2.20. The molecule has 0 aliphatic rings. The molecule has 90 valence electrons. The summed E-state index contributed by atoms with van der Waals surface area (Å²) in [5, 5.41) is 11.7. The fourth-order valence-electron chi connectivity index (χ4n) is 1.52. The Morgan fingerprint density at radius 1 is 1.41 bits per heavy atom. The van der Waals surface area contributed by atoms with Crippen LogP contribution in [0, 0.1) is 12.7 Å². The van der Waals surface area contributed by atoms with Crippen LogP contribution in [-0.4, -0.2) is 16.7 Å². The van der Waals surface area contributed by atoms with Gasteiger partial charge in [-0.15, -0.1) is 10.2 Å². The van der Waals surface area contributed by atoms with Gasteiger partial charge in [0.05, 0.1) is 0 Å². The molecule has 0 saturated heterocycles. The van der Waals surface area contributed by atoms with Crippen LogP contribution in [0.1, 0.15) is 11.1 Å². The van der Waals surface area contributed by atoms with Crippen molar-refractivity contribution < 1.29 is 4.39 Å². The fourth-order valence-corrected chi connectivity index (χ4v) is 2.56. The van der Waals surface area contributed by atoms with Crippen LogP contribution >= 0.6 is 27.3 Å². The molecule has 2 aromatic rings. The van der Waals surface area contributed by atoms with Crippen molar-refractivity contribution in [3.05, 3.63) is 39.1 Å². The Bertz CT molecular complexity index is 515. The molecule has 1 N–H and O–H groups in total. The summed E-state index contributed by atoms with van der Waals surface area (Å²) in [5.74, 6) is -0.188. The highest BCUT2D eigenvalue weighted by molar-refractivity contribution is 9.11. The molecule has 1 aromatic carbocycles. The lowest BCUT2D eigenvalue weighted by molar-refractivity contribution is 0.625. The average molecular weight is 316 g/mol. The fraction of sp³-hybridized carbons (Fsp3) is 0.273. The molecule has 0 aliphatic heterocycles. The van der Waals surface area contributed by atoms with Gasteiger partial charge in [0.2, 0.25) is 5.13 Å². The Morgan fingerprint density at radius 2 is 2.24 bits per heavy atom. The Balaban J connectivity index is 1.90. The number of hydrogen-bond acceptors (Lipinski definition) is 4. The topological polar surface area (TPSA) is 37.8 Å². The summed E-state index contributed by atoms with van der Waals surface area (Å²) in [7, 11) is 0. The van der Waals surface area contributed by atoms with Gasteiger partial charge in [-0.25, -0.2) is 4.39 Å². The van der Waals surface area contributed by atoms with Crippen LogP contribution in [0.5, 0.6) is 0 Å². The molecular formula is C11H11BrFN3S. The third-order valence-electron chi connectivity index (χ3n) is 2.38. The lowest BCUT2D eigenvalue weighted by Gasteiger charge is -2.06. The molecule has 6 heteroatoms. The quantitative estimate of drug-likeness (QED) is 0.939. The summed E-state index contributed by atoms with van der Waals surface area (Å²) < 4.78 is 13.7. The van der Waals surface area contributed by atoms with Crippen LogP contribution in [0.4, 0.5) is 9.52 Å². The molecule has 3 nitrogen and oxygen atoms in total. The third kappa shape index (κ3) is 3.47. The van der Waals surface area contributed by atoms with Gasteiger partial charge in [0, 0.05) is 6.54 Å². The maximum Gasteiger partial charge on any atom is 0.206 e. The van der Waals surface area contributed by atoms with Crippen molar-refractivity contribution in [2.24, 2.45) is 0 Å². The van der Waals surface area contributed by atoms with E-state index in [1.165, 1.54) is 17.4 Å². The number of hydrogen-bond donors (Lipinski definition) is 1. The summed E-state index contributed by atoms with van der Waals surface area (Å²) in [6.45, 7) is 2.67. The molecule has 1 aromatic heterocycles. The van der Waals surface area contributed by atoms with E-state index >= 15 is 0 Å². The number of aryl methyl sites for hydroxylation is 1. The molecule has 2 rings (SSSR count). The van der Waals surface area contributed by atoms with Crippen molar-refractivity contribution in [1.29, 1.82) is 0 Å². The predicted molar refractivity (Wildman–Crippen MR) is 70.9 cm³/mol. The van der Waals surface area contributed by atoms with E-state index in [1.807, 2.05) is 13.0 Å². The molecular weight excluding hydrogens is 305 g/mol. The lowest BCUT2D eigenvalue weighted by Crippen LogP contribution is -2.05. The molecule has 0 amide bonds. The van der Waals surface area contributed by atoms with Gasteiger partial charge < -0.3 is 5.32 Å². The molecule has 1 heterocycles. The van der Waals surface area contributed by atoms with E-state index in [2.05, 4.69) is 31.4 Å². The lowest BCUT2D eigenvalue weighted by atomic mass is 10.1. The largest absolute Gasteiger partial charge is 0.360 e. The van der Waals surface area contributed by atoms with Gasteiger partial charge >= 0.3 is 0 Å². The Morgan fingerprint density at radius 3 is 2.88 bits per heavy atom. The van der Waals surface area contributed by atoms with Crippen molar-refractivity contribution >= 4 is 32.4 Å². The smallest absolute Gasteiger partial charge is 0.206 e. The first-order valence-corrected chi connectivity index (χ1v) is 6.74. The van der Waals surface area contributed by atoms with Crippen LogP contribution in [0.3, 0.4) is 0 Å². The monoisotopic (exact) mass is 315 g/mol. The van der Waals surface area contributed by atoms with E-state index in [0.717, 1.165) is 33.1 Å². The average Bonchev–Trinajstić information content (AvgIpc) is 2.68. The van der Waals surface area contributed by atoms with Gasteiger partial charge in [-0.05, 0) is 52.5 Å². The van der Waals surface area contributed by atoms with Gasteiger partial charge in [0.1, 0.15) is 5.82 Å². The van der Waals surface area contributed by atoms with E-state index in [0.29, 0.717) is 0 Å². The minimum atomic E-state index is -0.188. The minimum Gasteiger partial charge on any atom is -0.360 e. The summed E-state index contributed by atoms with van der Waals surface area (Å²) in [5.41, 5.74) is 2.12. The summed E-state index contributed by atoms with van der Waals surface area (Å²) in [6.07, 6.45) is 0.837. The molecule has 0 unspecified atom stereocenters. The molecule has 0 fully saturated rings. The first-order chi connectivity index (χ1) is 8.15. The first kappa shape index (κ1) is 12.4. The summed E-state index contributed by atoms with van der Waals surface area (Å²) in [4.78, 5) is 0. The van der Waals surface area contributed by atoms with Crippen LogP contribution in [0.15, 0.2) is 22.1 Å². The molecule has 0 atom stereocenters.